The van der Waals surface area contributed by atoms with Crippen LogP contribution in [0.25, 0.3) is 10.1 Å². The highest BCUT2D eigenvalue weighted by molar-refractivity contribution is 7.13. The average molecular weight is 317 g/mol. The molecule has 0 saturated carbocycles. The number of amides is 1. The molecule has 0 atom stereocenters. The molecule has 0 bridgehead atoms. The highest BCUT2D eigenvalue weighted by atomic mass is 35.5. The maximum Gasteiger partial charge on any atom is 0.251 e. The van der Waals surface area contributed by atoms with Crippen LogP contribution >= 0.6 is 23.1 Å². The number of nitrogens with one attached hydrogen (secondary N) is 1. The first-order valence-corrected chi connectivity index (χ1v) is 7.74. The monoisotopic (exact) mass is 316 g/mol. The molecule has 0 saturated heterocycles. The molecule has 0 aliphatic heterocycles. The van der Waals surface area contributed by atoms with Crippen LogP contribution in [-0.2, 0) is 6.42 Å². The summed E-state index contributed by atoms with van der Waals surface area (Å²) in [6.45, 7) is 0.598. The summed E-state index contributed by atoms with van der Waals surface area (Å²) in [6, 6.07) is 13.3. The van der Waals surface area contributed by atoms with Gasteiger partial charge in [-0.25, -0.2) is 0 Å². The van der Waals surface area contributed by atoms with Crippen LogP contribution in [0.15, 0.2) is 48.7 Å². The zero-order valence-corrected chi connectivity index (χ0v) is 12.7. The Labute approximate surface area is 131 Å². The topological polar surface area (TPSA) is 42.0 Å². The van der Waals surface area contributed by atoms with Crippen molar-refractivity contribution >= 4 is 39.1 Å². The van der Waals surface area contributed by atoms with Crippen molar-refractivity contribution in [3.05, 3.63) is 64.8 Å². The molecule has 1 aromatic heterocycles. The van der Waals surface area contributed by atoms with Gasteiger partial charge < -0.3 is 5.32 Å². The van der Waals surface area contributed by atoms with E-state index in [1.165, 1.54) is 11.5 Å². The summed E-state index contributed by atoms with van der Waals surface area (Å²) in [5, 5.41) is 4.72. The van der Waals surface area contributed by atoms with Crippen molar-refractivity contribution < 1.29 is 4.79 Å². The van der Waals surface area contributed by atoms with Gasteiger partial charge in [-0.15, -0.1) is 0 Å². The summed E-state index contributed by atoms with van der Waals surface area (Å²) < 4.78 is 5.14. The molecule has 1 heterocycles. The Morgan fingerprint density at radius 1 is 1.19 bits per heavy atom. The summed E-state index contributed by atoms with van der Waals surface area (Å²) >= 11 is 7.24. The van der Waals surface area contributed by atoms with E-state index in [4.69, 9.17) is 11.6 Å². The van der Waals surface area contributed by atoms with Crippen LogP contribution < -0.4 is 5.32 Å². The number of benzene rings is 2. The van der Waals surface area contributed by atoms with Crippen molar-refractivity contribution in [1.29, 1.82) is 0 Å². The molecule has 0 unspecified atom stereocenters. The van der Waals surface area contributed by atoms with E-state index < -0.39 is 0 Å². The number of hydrogen-bond acceptors (Lipinski definition) is 3. The van der Waals surface area contributed by atoms with E-state index in [-0.39, 0.29) is 5.91 Å². The molecule has 3 aromatic rings. The molecule has 106 valence electrons. The molecule has 5 heteroatoms. The Kier molecular flexibility index (Phi) is 4.18. The van der Waals surface area contributed by atoms with Crippen molar-refractivity contribution in [2.24, 2.45) is 0 Å². The first-order valence-electron chi connectivity index (χ1n) is 6.59. The van der Waals surface area contributed by atoms with Gasteiger partial charge >= 0.3 is 0 Å². The molecular formula is C16H13ClN2OS. The van der Waals surface area contributed by atoms with Crippen LogP contribution in [0.2, 0.25) is 5.02 Å². The molecule has 2 aromatic carbocycles. The van der Waals surface area contributed by atoms with E-state index >= 15 is 0 Å². The van der Waals surface area contributed by atoms with Crippen LogP contribution in [0.3, 0.4) is 0 Å². The van der Waals surface area contributed by atoms with Crippen molar-refractivity contribution in [3.8, 4) is 0 Å². The standard InChI is InChI=1S/C16H13ClN2OS/c17-14-5-1-11(2-6-14)7-8-18-16(20)12-3-4-13-10-19-21-15(13)9-12/h1-6,9-10H,7-8H2,(H,18,20). The van der Waals surface area contributed by atoms with Gasteiger partial charge in [0.25, 0.3) is 5.91 Å². The molecule has 0 aliphatic rings. The SMILES string of the molecule is O=C(NCCc1ccc(Cl)cc1)c1ccc2cnsc2c1. The van der Waals surface area contributed by atoms with Crippen molar-refractivity contribution in [2.75, 3.05) is 6.54 Å². The molecule has 0 fully saturated rings. The third kappa shape index (κ3) is 3.40. The van der Waals surface area contributed by atoms with Crippen LogP contribution in [0.5, 0.6) is 0 Å². The summed E-state index contributed by atoms with van der Waals surface area (Å²) in [4.78, 5) is 12.1. The molecule has 0 aliphatic carbocycles. The minimum Gasteiger partial charge on any atom is -0.352 e. The zero-order chi connectivity index (χ0) is 14.7. The average Bonchev–Trinajstić information content (AvgIpc) is 2.96. The van der Waals surface area contributed by atoms with Gasteiger partial charge in [-0.3, -0.25) is 4.79 Å². The van der Waals surface area contributed by atoms with Gasteiger partial charge in [-0.05, 0) is 47.8 Å². The molecule has 3 nitrogen and oxygen atoms in total. The lowest BCUT2D eigenvalue weighted by atomic mass is 10.1. The molecule has 3 rings (SSSR count). The Bertz CT molecular complexity index is 767. The molecule has 21 heavy (non-hydrogen) atoms. The second-order valence-corrected chi connectivity index (χ2v) is 5.98. The smallest absolute Gasteiger partial charge is 0.251 e. The first-order chi connectivity index (χ1) is 10.2. The molecule has 1 N–H and O–H groups in total. The Balaban J connectivity index is 1.59. The predicted octanol–water partition coefficient (Wildman–Crippen LogP) is 3.92. The van der Waals surface area contributed by atoms with Crippen LogP contribution in [0.1, 0.15) is 15.9 Å². The lowest BCUT2D eigenvalue weighted by Crippen LogP contribution is -2.25. The number of fused-ring (bicyclic) bond motifs is 1. The van der Waals surface area contributed by atoms with Gasteiger partial charge in [0.2, 0.25) is 0 Å². The van der Waals surface area contributed by atoms with Gasteiger partial charge in [0, 0.05) is 28.7 Å². The van der Waals surface area contributed by atoms with Gasteiger partial charge in [0.1, 0.15) is 0 Å². The lowest BCUT2D eigenvalue weighted by Gasteiger charge is -2.05. The van der Waals surface area contributed by atoms with E-state index in [1.54, 1.807) is 0 Å². The van der Waals surface area contributed by atoms with Crippen molar-refractivity contribution in [2.45, 2.75) is 6.42 Å². The fourth-order valence-corrected chi connectivity index (χ4v) is 2.89. The number of nitrogens with zero attached hydrogens (tertiary/aromatic N) is 1. The summed E-state index contributed by atoms with van der Waals surface area (Å²) in [6.07, 6.45) is 2.59. The molecule has 0 spiro atoms. The lowest BCUT2D eigenvalue weighted by molar-refractivity contribution is 0.0954. The van der Waals surface area contributed by atoms with E-state index in [0.717, 1.165) is 27.1 Å². The maximum absolute atomic E-state index is 12.1. The predicted molar refractivity (Wildman–Crippen MR) is 87.1 cm³/mol. The van der Waals surface area contributed by atoms with Crippen molar-refractivity contribution in [1.82, 2.24) is 9.69 Å². The minimum atomic E-state index is -0.0562. The second kappa shape index (κ2) is 6.24. The maximum atomic E-state index is 12.1. The molecular weight excluding hydrogens is 304 g/mol. The number of carbonyl (C=O) groups excluding carboxylic acids is 1. The normalized spacial score (nSPS) is 10.7. The highest BCUT2D eigenvalue weighted by Gasteiger charge is 2.06. The zero-order valence-electron chi connectivity index (χ0n) is 11.2. The largest absolute Gasteiger partial charge is 0.352 e. The highest BCUT2D eigenvalue weighted by Crippen LogP contribution is 2.19. The van der Waals surface area contributed by atoms with Crippen molar-refractivity contribution in [3.63, 3.8) is 0 Å². The quantitative estimate of drug-likeness (QED) is 0.792. The number of hydrogen-bond donors (Lipinski definition) is 1. The number of aromatic nitrogens is 1. The van der Waals surface area contributed by atoms with Gasteiger partial charge in [0.05, 0.1) is 4.70 Å². The minimum absolute atomic E-state index is 0.0562. The third-order valence-electron chi connectivity index (χ3n) is 3.23. The van der Waals surface area contributed by atoms with E-state index in [2.05, 4.69) is 9.69 Å². The molecule has 0 radical (unpaired) electrons. The summed E-state index contributed by atoms with van der Waals surface area (Å²) in [5.74, 6) is -0.0562. The fraction of sp³-hybridized carbons (Fsp3) is 0.125. The third-order valence-corrected chi connectivity index (χ3v) is 4.24. The van der Waals surface area contributed by atoms with Gasteiger partial charge in [-0.2, -0.15) is 4.37 Å². The summed E-state index contributed by atoms with van der Waals surface area (Å²) in [7, 11) is 0. The van der Waals surface area contributed by atoms with Crippen LogP contribution in [-0.4, -0.2) is 16.8 Å². The number of halogens is 1. The van der Waals surface area contributed by atoms with E-state index in [0.29, 0.717) is 12.1 Å². The first kappa shape index (κ1) is 14.0. The van der Waals surface area contributed by atoms with Gasteiger partial charge in [0.15, 0.2) is 0 Å². The summed E-state index contributed by atoms with van der Waals surface area (Å²) in [5.41, 5.74) is 1.82. The number of rotatable bonds is 4. The van der Waals surface area contributed by atoms with Crippen LogP contribution in [0.4, 0.5) is 0 Å². The fourth-order valence-electron chi connectivity index (χ4n) is 2.07. The Morgan fingerprint density at radius 2 is 2.00 bits per heavy atom. The van der Waals surface area contributed by atoms with E-state index in [1.807, 2.05) is 48.7 Å². The number of carbonyl (C=O) groups is 1. The van der Waals surface area contributed by atoms with Gasteiger partial charge in [-0.1, -0.05) is 29.8 Å². The Hall–Kier alpha value is -1.91. The van der Waals surface area contributed by atoms with E-state index in [9.17, 15) is 4.79 Å². The second-order valence-electron chi connectivity index (χ2n) is 4.71. The molecule has 1 amide bonds. The van der Waals surface area contributed by atoms with Crippen LogP contribution in [0, 0.1) is 0 Å². The Morgan fingerprint density at radius 3 is 2.81 bits per heavy atom.